The minimum Gasteiger partial charge on any atom is -0.357 e. The average Bonchev–Trinajstić information content (AvgIpc) is 3.36. The van der Waals surface area contributed by atoms with Crippen molar-refractivity contribution in [3.8, 4) is 0 Å². The second kappa shape index (κ2) is 11.2. The first-order valence-corrected chi connectivity index (χ1v) is 8.23. The van der Waals surface area contributed by atoms with Crippen molar-refractivity contribution in [2.45, 2.75) is 26.2 Å². The zero-order valence-corrected chi connectivity index (χ0v) is 16.3. The first kappa shape index (κ1) is 20.7. The number of hydrogen-bond donors (Lipinski definition) is 3. The number of carbonyl (C=O) groups is 1. The molecule has 1 amide bonds. The molecule has 0 heterocycles. The van der Waals surface area contributed by atoms with E-state index in [0.717, 1.165) is 24.9 Å². The molecule has 1 aliphatic carbocycles. The van der Waals surface area contributed by atoms with Gasteiger partial charge < -0.3 is 16.0 Å². The van der Waals surface area contributed by atoms with Crippen LogP contribution in [-0.2, 0) is 11.2 Å². The molecule has 0 unspecified atom stereocenters. The zero-order chi connectivity index (χ0) is 16.5. The fourth-order valence-electron chi connectivity index (χ4n) is 2.19. The minimum absolute atomic E-state index is 0. The van der Waals surface area contributed by atoms with Gasteiger partial charge in [0.25, 0.3) is 0 Å². The topological polar surface area (TPSA) is 65.5 Å². The Kier molecular flexibility index (Phi) is 9.66. The lowest BCUT2D eigenvalue weighted by atomic mass is 10.1. The van der Waals surface area contributed by atoms with E-state index in [1.165, 1.54) is 12.1 Å². The van der Waals surface area contributed by atoms with Gasteiger partial charge in [-0.05, 0) is 43.9 Å². The summed E-state index contributed by atoms with van der Waals surface area (Å²) >= 11 is 0. The number of rotatable bonds is 8. The third-order valence-corrected chi connectivity index (χ3v) is 3.57. The Balaban J connectivity index is 0.00000288. The van der Waals surface area contributed by atoms with Crippen LogP contribution >= 0.6 is 24.0 Å². The van der Waals surface area contributed by atoms with Crippen LogP contribution in [0.2, 0.25) is 0 Å². The van der Waals surface area contributed by atoms with Gasteiger partial charge in [-0.2, -0.15) is 0 Å². The number of amides is 1. The van der Waals surface area contributed by atoms with Gasteiger partial charge >= 0.3 is 0 Å². The van der Waals surface area contributed by atoms with Crippen LogP contribution in [0.15, 0.2) is 29.3 Å². The second-order valence-electron chi connectivity index (χ2n) is 5.63. The summed E-state index contributed by atoms with van der Waals surface area (Å²) in [6, 6.07) is 6.57. The number of nitrogens with zero attached hydrogens (tertiary/aromatic N) is 1. The summed E-state index contributed by atoms with van der Waals surface area (Å²) in [5, 5.41) is 9.24. The average molecular weight is 448 g/mol. The molecule has 0 saturated heterocycles. The molecule has 1 aromatic rings. The Morgan fingerprint density at radius 3 is 2.67 bits per heavy atom. The largest absolute Gasteiger partial charge is 0.357 e. The van der Waals surface area contributed by atoms with Crippen molar-refractivity contribution in [2.75, 3.05) is 26.2 Å². The monoisotopic (exact) mass is 448 g/mol. The number of hydrogen-bond acceptors (Lipinski definition) is 2. The smallest absolute Gasteiger partial charge is 0.223 e. The second-order valence-corrected chi connectivity index (χ2v) is 5.63. The molecular formula is C17H26FIN4O. The van der Waals surface area contributed by atoms with Crippen molar-refractivity contribution < 1.29 is 9.18 Å². The van der Waals surface area contributed by atoms with Crippen LogP contribution in [0.1, 0.15) is 25.3 Å². The normalized spacial score (nSPS) is 13.8. The summed E-state index contributed by atoms with van der Waals surface area (Å²) in [5.74, 6) is 0.885. The number of guanidine groups is 1. The summed E-state index contributed by atoms with van der Waals surface area (Å²) < 4.78 is 13.1. The standard InChI is InChI=1S/C17H25FN4O.HI/c1-2-19-17(22-11-10-20-16(23)14-6-7-14)21-9-8-13-4-3-5-15(18)12-13;/h3-5,12,14H,2,6-11H2,1H3,(H,20,23)(H2,19,21,22);1H. The van der Waals surface area contributed by atoms with E-state index >= 15 is 0 Å². The summed E-state index contributed by atoms with van der Waals surface area (Å²) in [5.41, 5.74) is 0.932. The maximum Gasteiger partial charge on any atom is 0.223 e. The molecule has 2 rings (SSSR count). The first-order chi connectivity index (χ1) is 11.2. The van der Waals surface area contributed by atoms with Crippen molar-refractivity contribution in [2.24, 2.45) is 10.9 Å². The van der Waals surface area contributed by atoms with E-state index in [9.17, 15) is 9.18 Å². The van der Waals surface area contributed by atoms with Crippen LogP contribution in [0.4, 0.5) is 4.39 Å². The predicted molar refractivity (Wildman–Crippen MR) is 105 cm³/mol. The van der Waals surface area contributed by atoms with E-state index in [4.69, 9.17) is 0 Å². The van der Waals surface area contributed by atoms with E-state index in [2.05, 4.69) is 20.9 Å². The molecule has 1 aromatic carbocycles. The van der Waals surface area contributed by atoms with E-state index in [-0.39, 0.29) is 41.6 Å². The quantitative estimate of drug-likeness (QED) is 0.247. The van der Waals surface area contributed by atoms with Crippen LogP contribution in [0.25, 0.3) is 0 Å². The Morgan fingerprint density at radius 1 is 1.25 bits per heavy atom. The Morgan fingerprint density at radius 2 is 2.00 bits per heavy atom. The van der Waals surface area contributed by atoms with E-state index < -0.39 is 0 Å². The third kappa shape index (κ3) is 7.94. The summed E-state index contributed by atoms with van der Waals surface area (Å²) in [7, 11) is 0. The fraction of sp³-hybridized carbons (Fsp3) is 0.529. The van der Waals surface area contributed by atoms with E-state index in [0.29, 0.717) is 32.0 Å². The predicted octanol–water partition coefficient (Wildman–Crippen LogP) is 2.07. The number of carbonyl (C=O) groups excluding carboxylic acids is 1. The number of halogens is 2. The fourth-order valence-corrected chi connectivity index (χ4v) is 2.19. The zero-order valence-electron chi connectivity index (χ0n) is 14.0. The molecule has 5 nitrogen and oxygen atoms in total. The van der Waals surface area contributed by atoms with Crippen molar-refractivity contribution in [3.05, 3.63) is 35.6 Å². The van der Waals surface area contributed by atoms with Crippen LogP contribution < -0.4 is 16.0 Å². The van der Waals surface area contributed by atoms with Gasteiger partial charge in [0.1, 0.15) is 5.82 Å². The number of aliphatic imine (C=N–C) groups is 1. The molecule has 24 heavy (non-hydrogen) atoms. The maximum absolute atomic E-state index is 13.1. The molecular weight excluding hydrogens is 422 g/mol. The lowest BCUT2D eigenvalue weighted by molar-refractivity contribution is -0.122. The van der Waals surface area contributed by atoms with Gasteiger partial charge in [-0.1, -0.05) is 12.1 Å². The highest BCUT2D eigenvalue weighted by Crippen LogP contribution is 2.28. The molecule has 0 aromatic heterocycles. The highest BCUT2D eigenvalue weighted by Gasteiger charge is 2.28. The highest BCUT2D eigenvalue weighted by atomic mass is 127. The van der Waals surface area contributed by atoms with E-state index in [1.807, 2.05) is 13.0 Å². The van der Waals surface area contributed by atoms with Gasteiger partial charge in [-0.25, -0.2) is 4.39 Å². The van der Waals surface area contributed by atoms with Gasteiger partial charge in [0, 0.05) is 32.1 Å². The molecule has 0 bridgehead atoms. The minimum atomic E-state index is -0.220. The maximum atomic E-state index is 13.1. The van der Waals surface area contributed by atoms with Crippen LogP contribution in [-0.4, -0.2) is 38.0 Å². The SMILES string of the molecule is CCNC(=NCCc1cccc(F)c1)NCCNC(=O)C1CC1.I. The molecule has 0 aliphatic heterocycles. The molecule has 0 atom stereocenters. The number of benzene rings is 1. The summed E-state index contributed by atoms with van der Waals surface area (Å²) in [4.78, 5) is 16.0. The van der Waals surface area contributed by atoms with Gasteiger partial charge in [0.15, 0.2) is 5.96 Å². The molecule has 0 spiro atoms. The number of nitrogens with one attached hydrogen (secondary N) is 3. The molecule has 1 saturated carbocycles. The Labute approximate surface area is 159 Å². The van der Waals surface area contributed by atoms with Gasteiger partial charge in [0.05, 0.1) is 0 Å². The van der Waals surface area contributed by atoms with Crippen LogP contribution in [0.3, 0.4) is 0 Å². The van der Waals surface area contributed by atoms with Gasteiger partial charge in [0.2, 0.25) is 5.91 Å². The molecule has 1 fully saturated rings. The lowest BCUT2D eigenvalue weighted by Crippen LogP contribution is -2.41. The Hall–Kier alpha value is -1.38. The Bertz CT molecular complexity index is 549. The lowest BCUT2D eigenvalue weighted by Gasteiger charge is -2.11. The van der Waals surface area contributed by atoms with Crippen molar-refractivity contribution in [3.63, 3.8) is 0 Å². The van der Waals surface area contributed by atoms with Gasteiger partial charge in [-0.15, -0.1) is 24.0 Å². The van der Waals surface area contributed by atoms with Crippen molar-refractivity contribution >= 4 is 35.8 Å². The van der Waals surface area contributed by atoms with E-state index in [1.54, 1.807) is 6.07 Å². The molecule has 7 heteroatoms. The molecule has 0 radical (unpaired) electrons. The summed E-state index contributed by atoms with van der Waals surface area (Å²) in [6.07, 6.45) is 2.72. The van der Waals surface area contributed by atoms with Crippen LogP contribution in [0, 0.1) is 11.7 Å². The molecule has 1 aliphatic rings. The molecule has 134 valence electrons. The van der Waals surface area contributed by atoms with Crippen molar-refractivity contribution in [1.82, 2.24) is 16.0 Å². The third-order valence-electron chi connectivity index (χ3n) is 3.57. The molecule has 3 N–H and O–H groups in total. The first-order valence-electron chi connectivity index (χ1n) is 8.23. The van der Waals surface area contributed by atoms with Crippen molar-refractivity contribution in [1.29, 1.82) is 0 Å². The van der Waals surface area contributed by atoms with Gasteiger partial charge in [-0.3, -0.25) is 9.79 Å². The summed E-state index contributed by atoms with van der Waals surface area (Å²) in [6.45, 7) is 4.56. The van der Waals surface area contributed by atoms with Crippen LogP contribution in [0.5, 0.6) is 0 Å². The highest BCUT2D eigenvalue weighted by molar-refractivity contribution is 14.0.